The van der Waals surface area contributed by atoms with E-state index in [4.69, 9.17) is 16.4 Å². The number of anilines is 2. The summed E-state index contributed by atoms with van der Waals surface area (Å²) in [5.41, 5.74) is 5.08. The summed E-state index contributed by atoms with van der Waals surface area (Å²) in [5, 5.41) is 1.43. The molecule has 0 spiro atoms. The van der Waals surface area contributed by atoms with E-state index < -0.39 is 44.1 Å². The van der Waals surface area contributed by atoms with E-state index in [9.17, 15) is 26.3 Å². The molecule has 0 unspecified atom stereocenters. The molecule has 2 N–H and O–H groups in total. The van der Waals surface area contributed by atoms with Crippen molar-refractivity contribution in [1.29, 1.82) is 0 Å². The minimum atomic E-state index is -5.24. The number of fused-ring (bicyclic) bond motifs is 3. The molecular weight excluding hydrogens is 642 g/mol. The fourth-order valence-corrected chi connectivity index (χ4v) is 6.43. The number of H-pyrrole nitrogens is 1. The van der Waals surface area contributed by atoms with Crippen LogP contribution in [0.5, 0.6) is 0 Å². The molecule has 0 saturated carbocycles. The molecule has 4 aromatic rings. The van der Waals surface area contributed by atoms with Gasteiger partial charge in [0.25, 0.3) is 0 Å². The smallest absolute Gasteiger partial charge is 0.356 e. The number of aromatic nitrogens is 6. The van der Waals surface area contributed by atoms with Gasteiger partial charge in [-0.2, -0.15) is 36.3 Å². The predicted molar refractivity (Wildman–Crippen MR) is 160 cm³/mol. The van der Waals surface area contributed by atoms with E-state index in [1.54, 1.807) is 18.2 Å². The second-order valence-electron chi connectivity index (χ2n) is 12.5. The zero-order valence-corrected chi connectivity index (χ0v) is 26.8. The quantitative estimate of drug-likeness (QED) is 0.0886. The lowest BCUT2D eigenvalue weighted by Gasteiger charge is -2.36. The first-order valence-electron chi connectivity index (χ1n) is 14.0. The van der Waals surface area contributed by atoms with E-state index in [-0.39, 0.29) is 24.0 Å². The van der Waals surface area contributed by atoms with Gasteiger partial charge in [-0.15, -0.1) is 0 Å². The Morgan fingerprint density at radius 2 is 1.62 bits per heavy atom. The van der Waals surface area contributed by atoms with Gasteiger partial charge in [0.05, 0.1) is 14.7 Å². The van der Waals surface area contributed by atoms with Gasteiger partial charge in [0, 0.05) is 46.1 Å². The minimum Gasteiger partial charge on any atom is -0.356 e. The van der Waals surface area contributed by atoms with Crippen LogP contribution in [0, 0.1) is 0 Å². The molecule has 0 amide bonds. The van der Waals surface area contributed by atoms with E-state index in [0.29, 0.717) is 28.4 Å². The molecule has 1 aliphatic heterocycles. The fourth-order valence-electron chi connectivity index (χ4n) is 4.90. The summed E-state index contributed by atoms with van der Waals surface area (Å²) in [5.74, 6) is -4.54. The lowest BCUT2D eigenvalue weighted by atomic mass is 9.94. The van der Waals surface area contributed by atoms with Crippen molar-refractivity contribution in [3.05, 3.63) is 64.1 Å². The van der Waals surface area contributed by atoms with Crippen LogP contribution < -0.4 is 10.4 Å². The van der Waals surface area contributed by atoms with Crippen molar-refractivity contribution in [2.24, 2.45) is 0 Å². The Bertz CT molecular complexity index is 1660. The molecule has 0 saturated heterocycles. The lowest BCUT2D eigenvalue weighted by Crippen LogP contribution is -2.38. The molecule has 5 rings (SSSR count). The third kappa shape index (κ3) is 6.87. The predicted octanol–water partition coefficient (Wildman–Crippen LogP) is 7.84. The van der Waals surface area contributed by atoms with Crippen LogP contribution in [-0.2, 0) is 23.6 Å². The van der Waals surface area contributed by atoms with Gasteiger partial charge in [-0.05, 0) is 41.3 Å². The summed E-state index contributed by atoms with van der Waals surface area (Å²) in [7, 11) is -1.58. The van der Waals surface area contributed by atoms with E-state index in [2.05, 4.69) is 69.2 Å². The average Bonchev–Trinajstić information content (AvgIpc) is 3.31. The number of hydrogen-bond donors (Lipinski definition) is 2. The maximum atomic E-state index is 13.6. The molecule has 9 nitrogen and oxygen atoms in total. The second-order valence-corrected chi connectivity index (χ2v) is 18.7. The molecular formula is C28H31ClF6N8OSi. The number of halogens is 7. The van der Waals surface area contributed by atoms with Gasteiger partial charge < -0.3 is 9.88 Å². The molecule has 4 heterocycles. The van der Waals surface area contributed by atoms with Crippen molar-refractivity contribution in [3.63, 3.8) is 0 Å². The first kappa shape index (κ1) is 32.9. The van der Waals surface area contributed by atoms with E-state index in [1.807, 2.05) is 0 Å². The average molecular weight is 673 g/mol. The van der Waals surface area contributed by atoms with Crippen LogP contribution >= 0.6 is 11.6 Å². The lowest BCUT2D eigenvalue weighted by molar-refractivity contribution is -0.155. The molecule has 0 bridgehead atoms. The summed E-state index contributed by atoms with van der Waals surface area (Å²) in [6.07, 6.45) is -7.38. The van der Waals surface area contributed by atoms with Crippen LogP contribution in [0.15, 0.2) is 30.6 Å². The number of nitrogens with one attached hydrogen (secondary N) is 2. The third-order valence-corrected chi connectivity index (χ3v) is 14.2. The number of alkyl halides is 6. The minimum absolute atomic E-state index is 0.0215. The fraction of sp³-hybridized carbons (Fsp3) is 0.464. The van der Waals surface area contributed by atoms with Crippen LogP contribution in [0.2, 0.25) is 29.2 Å². The number of rotatable bonds is 7. The van der Waals surface area contributed by atoms with Gasteiger partial charge >= 0.3 is 12.4 Å². The second kappa shape index (κ2) is 11.7. The van der Waals surface area contributed by atoms with Crippen LogP contribution in [0.1, 0.15) is 55.3 Å². The van der Waals surface area contributed by atoms with E-state index in [0.717, 1.165) is 17.0 Å². The Labute approximate surface area is 260 Å². The summed E-state index contributed by atoms with van der Waals surface area (Å²) >= 11 is 6.23. The van der Waals surface area contributed by atoms with Crippen molar-refractivity contribution >= 4 is 42.5 Å². The highest BCUT2D eigenvalue weighted by Gasteiger charge is 2.43. The Balaban J connectivity index is 1.51. The van der Waals surface area contributed by atoms with E-state index in [1.165, 1.54) is 17.3 Å². The van der Waals surface area contributed by atoms with Crippen molar-refractivity contribution in [3.8, 4) is 0 Å². The summed E-state index contributed by atoms with van der Waals surface area (Å²) in [6, 6.07) is 5.07. The normalized spacial score (nSPS) is 16.3. The molecule has 0 radical (unpaired) electrons. The standard InChI is InChI=1S/C28H31ClF6N8OSi/c1-26(2,3)45(4,5)11-10-44-42-24-36-13-15(14-37-24)21-20-17(18-12-16(29)6-7-19(18)38-20)8-9-43(21)25-40-22(27(30,31)32)39-23(41-25)28(33,34)35/h6-7,12-14,21,38H,8-11H2,1-5H3,(H,36,37,42)/t21-/m0/s1. The molecule has 1 aromatic carbocycles. The summed E-state index contributed by atoms with van der Waals surface area (Å²) in [4.78, 5) is 28.3. The number of nitrogens with zero attached hydrogens (tertiary/aromatic N) is 6. The molecule has 17 heteroatoms. The Kier molecular flexibility index (Phi) is 8.54. The van der Waals surface area contributed by atoms with Crippen LogP contribution in [0.3, 0.4) is 0 Å². The molecule has 242 valence electrons. The molecule has 1 aliphatic rings. The molecule has 0 fully saturated rings. The van der Waals surface area contributed by atoms with E-state index >= 15 is 0 Å². The van der Waals surface area contributed by atoms with Crippen molar-refractivity contribution in [2.75, 3.05) is 23.5 Å². The molecule has 45 heavy (non-hydrogen) atoms. The number of hydrogen-bond acceptors (Lipinski definition) is 8. The van der Waals surface area contributed by atoms with Crippen LogP contribution in [-0.4, -0.2) is 51.1 Å². The maximum Gasteiger partial charge on any atom is 0.451 e. The zero-order valence-electron chi connectivity index (χ0n) is 25.0. The number of aromatic amines is 1. The number of benzene rings is 1. The van der Waals surface area contributed by atoms with Crippen LogP contribution in [0.25, 0.3) is 10.9 Å². The van der Waals surface area contributed by atoms with Crippen LogP contribution in [0.4, 0.5) is 38.2 Å². The molecule has 1 atom stereocenters. The summed E-state index contributed by atoms with van der Waals surface area (Å²) < 4.78 is 81.8. The monoisotopic (exact) mass is 672 g/mol. The molecule has 3 aromatic heterocycles. The SMILES string of the molecule is CC(C)(C)[Si](C)(C)CCONc1ncc([C@H]2c3[nH]c4ccc(Cl)cc4c3CCN2c2nc(C(F)(F)F)nc(C(F)(F)F)n2)cn1. The summed E-state index contributed by atoms with van der Waals surface area (Å²) in [6.45, 7) is 11.6. The topological polar surface area (TPSA) is 105 Å². The highest BCUT2D eigenvalue weighted by atomic mass is 35.5. The van der Waals surface area contributed by atoms with Gasteiger partial charge in [-0.1, -0.05) is 45.5 Å². The first-order valence-corrected chi connectivity index (χ1v) is 17.6. The Morgan fingerprint density at radius 3 is 2.20 bits per heavy atom. The first-order chi connectivity index (χ1) is 20.8. The largest absolute Gasteiger partial charge is 0.451 e. The van der Waals surface area contributed by atoms with Gasteiger partial charge in [0.2, 0.25) is 23.5 Å². The van der Waals surface area contributed by atoms with Crippen molar-refractivity contribution in [2.45, 2.75) is 69.8 Å². The molecule has 0 aliphatic carbocycles. The maximum absolute atomic E-state index is 13.6. The third-order valence-electron chi connectivity index (χ3n) is 8.49. The van der Waals surface area contributed by atoms with Gasteiger partial charge in [0.1, 0.15) is 6.04 Å². The van der Waals surface area contributed by atoms with Gasteiger partial charge in [-0.25, -0.2) is 20.4 Å². The Morgan fingerprint density at radius 1 is 1.00 bits per heavy atom. The van der Waals surface area contributed by atoms with Gasteiger partial charge in [0.15, 0.2) is 0 Å². The zero-order chi connectivity index (χ0) is 32.9. The van der Waals surface area contributed by atoms with Gasteiger partial charge in [-0.3, -0.25) is 4.84 Å². The Hall–Kier alpha value is -3.50. The highest BCUT2D eigenvalue weighted by molar-refractivity contribution is 6.80. The van der Waals surface area contributed by atoms with Crippen molar-refractivity contribution in [1.82, 2.24) is 29.9 Å². The van der Waals surface area contributed by atoms with Crippen molar-refractivity contribution < 1.29 is 31.2 Å². The highest BCUT2D eigenvalue weighted by Crippen LogP contribution is 2.42.